The number of aliphatic carboxylic acids is 1. The first-order valence-corrected chi connectivity index (χ1v) is 7.79. The normalized spacial score (nSPS) is 17.4. The second kappa shape index (κ2) is 5.86. The van der Waals surface area contributed by atoms with Crippen molar-refractivity contribution in [2.75, 3.05) is 0 Å². The summed E-state index contributed by atoms with van der Waals surface area (Å²) in [6.07, 6.45) is 0.816. The highest BCUT2D eigenvalue weighted by atomic mass is 16.6. The maximum atomic E-state index is 12.2. The largest absolute Gasteiger partial charge is 0.479 e. The Bertz CT molecular complexity index is 613. The van der Waals surface area contributed by atoms with E-state index in [0.29, 0.717) is 0 Å². The Morgan fingerprint density at radius 3 is 2.39 bits per heavy atom. The Balaban J connectivity index is 2.27. The Kier molecular flexibility index (Phi) is 4.41. The van der Waals surface area contributed by atoms with Gasteiger partial charge in [-0.25, -0.2) is 9.59 Å². The molecule has 2 rings (SSSR count). The summed E-state index contributed by atoms with van der Waals surface area (Å²) in [6.45, 7) is 9.04. The topological polar surface area (TPSA) is 93.5 Å². The summed E-state index contributed by atoms with van der Waals surface area (Å²) in [5, 5.41) is 16.8. The van der Waals surface area contributed by atoms with Crippen LogP contribution in [-0.4, -0.2) is 38.1 Å². The highest BCUT2D eigenvalue weighted by Crippen LogP contribution is 2.41. The van der Waals surface area contributed by atoms with E-state index in [4.69, 9.17) is 4.74 Å². The minimum absolute atomic E-state index is 0.0892. The minimum Gasteiger partial charge on any atom is -0.479 e. The van der Waals surface area contributed by atoms with Crippen molar-refractivity contribution >= 4 is 12.1 Å². The molecule has 0 bridgehead atoms. The number of carbonyl (C=O) groups excluding carboxylic acids is 1. The van der Waals surface area contributed by atoms with Crippen molar-refractivity contribution in [3.05, 3.63) is 17.5 Å². The smallest absolute Gasteiger partial charge is 0.408 e. The summed E-state index contributed by atoms with van der Waals surface area (Å²) in [5.41, 5.74) is -0.406. The van der Waals surface area contributed by atoms with E-state index in [-0.39, 0.29) is 12.5 Å². The summed E-state index contributed by atoms with van der Waals surface area (Å²) >= 11 is 0. The molecule has 7 nitrogen and oxygen atoms in total. The fourth-order valence-electron chi connectivity index (χ4n) is 2.70. The number of carboxylic acids is 1. The zero-order chi connectivity index (χ0) is 17.4. The van der Waals surface area contributed by atoms with Gasteiger partial charge in [0.25, 0.3) is 0 Å². The van der Waals surface area contributed by atoms with Gasteiger partial charge >= 0.3 is 12.1 Å². The van der Waals surface area contributed by atoms with E-state index in [1.165, 1.54) is 0 Å². The summed E-state index contributed by atoms with van der Waals surface area (Å²) in [4.78, 5) is 24.2. The lowest BCUT2D eigenvalue weighted by Crippen LogP contribution is -2.60. The van der Waals surface area contributed by atoms with Gasteiger partial charge in [-0.3, -0.25) is 4.68 Å². The van der Waals surface area contributed by atoms with Gasteiger partial charge in [0, 0.05) is 5.69 Å². The van der Waals surface area contributed by atoms with Gasteiger partial charge in [-0.15, -0.1) is 0 Å². The summed E-state index contributed by atoms with van der Waals surface area (Å²) in [6, 6.07) is 1.88. The third kappa shape index (κ3) is 4.03. The molecule has 1 atom stereocenters. The fourth-order valence-corrected chi connectivity index (χ4v) is 2.70. The number of hydrogen-bond donors (Lipinski definition) is 2. The number of amides is 1. The quantitative estimate of drug-likeness (QED) is 0.867. The van der Waals surface area contributed by atoms with Crippen molar-refractivity contribution < 1.29 is 19.4 Å². The molecule has 1 aromatic rings. The zero-order valence-corrected chi connectivity index (χ0v) is 14.3. The average Bonchev–Trinajstić information content (AvgIpc) is 3.14. The molecule has 1 aromatic heterocycles. The van der Waals surface area contributed by atoms with Gasteiger partial charge < -0.3 is 15.2 Å². The van der Waals surface area contributed by atoms with Crippen LogP contribution < -0.4 is 5.32 Å². The maximum Gasteiger partial charge on any atom is 0.408 e. The van der Waals surface area contributed by atoms with E-state index in [1.807, 2.05) is 19.9 Å². The molecule has 1 aliphatic carbocycles. The first-order valence-electron chi connectivity index (χ1n) is 7.79. The molecule has 0 spiro atoms. The molecule has 0 radical (unpaired) electrons. The molecule has 1 aliphatic rings. The number of hydrogen-bond acceptors (Lipinski definition) is 4. The first-order chi connectivity index (χ1) is 10.5. The van der Waals surface area contributed by atoms with Crippen LogP contribution in [0, 0.1) is 19.8 Å². The van der Waals surface area contributed by atoms with Gasteiger partial charge in [-0.2, -0.15) is 5.10 Å². The van der Waals surface area contributed by atoms with Crippen LogP contribution in [0.15, 0.2) is 6.07 Å². The maximum absolute atomic E-state index is 12.2. The Hall–Kier alpha value is -2.05. The van der Waals surface area contributed by atoms with Crippen molar-refractivity contribution in [3.63, 3.8) is 0 Å². The lowest BCUT2D eigenvalue weighted by atomic mass is 9.93. The zero-order valence-electron chi connectivity index (χ0n) is 14.3. The molecular formula is C16H25N3O4. The Morgan fingerprint density at radius 2 is 2.00 bits per heavy atom. The van der Waals surface area contributed by atoms with Crippen LogP contribution in [-0.2, 0) is 16.1 Å². The lowest BCUT2D eigenvalue weighted by Gasteiger charge is -2.32. The number of carboxylic acid groups (broad SMARTS) is 1. The SMILES string of the molecule is Cc1cc(C)n(CC(NC(=O)OC(C)(C)C)(C(=O)O)C2CC2)n1. The van der Waals surface area contributed by atoms with E-state index in [1.54, 1.807) is 25.5 Å². The van der Waals surface area contributed by atoms with E-state index in [9.17, 15) is 14.7 Å². The minimum atomic E-state index is -1.40. The second-order valence-corrected chi connectivity index (χ2v) is 7.26. The van der Waals surface area contributed by atoms with Crippen molar-refractivity contribution in [1.29, 1.82) is 0 Å². The summed E-state index contributed by atoms with van der Waals surface area (Å²) in [5.74, 6) is -1.17. The highest BCUT2D eigenvalue weighted by Gasteiger charge is 2.53. The first kappa shape index (κ1) is 17.3. The van der Waals surface area contributed by atoms with E-state index in [2.05, 4.69) is 10.4 Å². The highest BCUT2D eigenvalue weighted by molar-refractivity contribution is 5.85. The van der Waals surface area contributed by atoms with Gasteiger partial charge in [0.15, 0.2) is 5.54 Å². The fraction of sp³-hybridized carbons (Fsp3) is 0.688. The van der Waals surface area contributed by atoms with Crippen LogP contribution in [0.25, 0.3) is 0 Å². The standard InChI is InChI=1S/C16H25N3O4/c1-10-8-11(2)19(18-10)9-16(13(20)21,12-6-7-12)17-14(22)23-15(3,4)5/h8,12H,6-7,9H2,1-5H3,(H,17,22)(H,20,21). The van der Waals surface area contributed by atoms with Gasteiger partial charge in [0.2, 0.25) is 0 Å². The predicted molar refractivity (Wildman–Crippen MR) is 84.2 cm³/mol. The average molecular weight is 323 g/mol. The van der Waals surface area contributed by atoms with E-state index in [0.717, 1.165) is 24.2 Å². The van der Waals surface area contributed by atoms with E-state index >= 15 is 0 Å². The van der Waals surface area contributed by atoms with Crippen LogP contribution in [0.3, 0.4) is 0 Å². The molecule has 1 heterocycles. The number of aromatic nitrogens is 2. The molecule has 1 fully saturated rings. The van der Waals surface area contributed by atoms with Gasteiger partial charge in [-0.1, -0.05) is 0 Å². The molecule has 0 saturated heterocycles. The molecule has 23 heavy (non-hydrogen) atoms. The number of nitrogens with one attached hydrogen (secondary N) is 1. The molecular weight excluding hydrogens is 298 g/mol. The number of rotatable bonds is 5. The van der Waals surface area contributed by atoms with Crippen LogP contribution in [0.5, 0.6) is 0 Å². The molecule has 1 unspecified atom stereocenters. The van der Waals surface area contributed by atoms with Gasteiger partial charge in [-0.05, 0) is 59.4 Å². The van der Waals surface area contributed by atoms with Gasteiger partial charge in [0.1, 0.15) is 5.60 Å². The Morgan fingerprint density at radius 1 is 1.39 bits per heavy atom. The van der Waals surface area contributed by atoms with Crippen LogP contribution in [0.2, 0.25) is 0 Å². The third-order valence-electron chi connectivity index (χ3n) is 3.88. The molecule has 2 N–H and O–H groups in total. The van der Waals surface area contributed by atoms with Gasteiger partial charge in [0.05, 0.1) is 12.2 Å². The predicted octanol–water partition coefficient (Wildman–Crippen LogP) is 2.26. The number of alkyl carbamates (subject to hydrolysis) is 1. The van der Waals surface area contributed by atoms with Crippen molar-refractivity contribution in [2.24, 2.45) is 5.92 Å². The van der Waals surface area contributed by atoms with Crippen molar-refractivity contribution in [1.82, 2.24) is 15.1 Å². The van der Waals surface area contributed by atoms with Crippen molar-refractivity contribution in [2.45, 2.75) is 65.1 Å². The number of aryl methyl sites for hydroxylation is 2. The molecule has 1 saturated carbocycles. The molecule has 0 aromatic carbocycles. The molecule has 128 valence electrons. The van der Waals surface area contributed by atoms with Crippen molar-refractivity contribution in [3.8, 4) is 0 Å². The molecule has 1 amide bonds. The lowest BCUT2D eigenvalue weighted by molar-refractivity contribution is -0.146. The monoisotopic (exact) mass is 323 g/mol. The van der Waals surface area contributed by atoms with Crippen LogP contribution in [0.1, 0.15) is 45.0 Å². The number of carbonyl (C=O) groups is 2. The molecule has 7 heteroatoms. The molecule has 0 aliphatic heterocycles. The van der Waals surface area contributed by atoms with Crippen LogP contribution in [0.4, 0.5) is 4.79 Å². The second-order valence-electron chi connectivity index (χ2n) is 7.26. The summed E-state index contributed by atoms with van der Waals surface area (Å²) < 4.78 is 6.89. The number of ether oxygens (including phenoxy) is 1. The Labute approximate surface area is 136 Å². The number of nitrogens with zero attached hydrogens (tertiary/aromatic N) is 2. The van der Waals surface area contributed by atoms with E-state index < -0.39 is 23.2 Å². The summed E-state index contributed by atoms with van der Waals surface area (Å²) in [7, 11) is 0. The third-order valence-corrected chi connectivity index (χ3v) is 3.88. The van der Waals surface area contributed by atoms with Crippen LogP contribution >= 0.6 is 0 Å².